The zero-order valence-corrected chi connectivity index (χ0v) is 15.9. The van der Waals surface area contributed by atoms with Crippen molar-refractivity contribution >= 4 is 29.2 Å². The van der Waals surface area contributed by atoms with Gasteiger partial charge in [0.2, 0.25) is 0 Å². The zero-order chi connectivity index (χ0) is 20.2. The third kappa shape index (κ3) is 4.47. The smallest absolute Gasteiger partial charge is 0.351 e. The lowest BCUT2D eigenvalue weighted by molar-refractivity contribution is -0.161. The molecule has 0 aliphatic carbocycles. The van der Waals surface area contributed by atoms with Crippen molar-refractivity contribution in [3.05, 3.63) is 22.7 Å². The highest BCUT2D eigenvalue weighted by atomic mass is 35.5. The maximum Gasteiger partial charge on any atom is 0.351 e. The number of nitrogens with zero attached hydrogens (tertiary/aromatic N) is 2. The van der Waals surface area contributed by atoms with Crippen LogP contribution in [0.5, 0.6) is 0 Å². The number of nitrogens with two attached hydrogens (primary N) is 1. The lowest BCUT2D eigenvalue weighted by atomic mass is 9.91. The Morgan fingerprint density at radius 3 is 2.70 bits per heavy atom. The Morgan fingerprint density at radius 2 is 2.15 bits per heavy atom. The number of ketones is 1. The quantitative estimate of drug-likeness (QED) is 0.519. The second-order valence-electron chi connectivity index (χ2n) is 6.35. The average Bonchev–Trinajstić information content (AvgIpc) is 2.92. The lowest BCUT2D eigenvalue weighted by Gasteiger charge is -2.31. The average molecular weight is 404 g/mol. The van der Waals surface area contributed by atoms with E-state index < -0.39 is 35.8 Å². The summed E-state index contributed by atoms with van der Waals surface area (Å²) in [6, 6.07) is 1.33. The fourth-order valence-corrected chi connectivity index (χ4v) is 3.29. The summed E-state index contributed by atoms with van der Waals surface area (Å²) >= 11 is 6.08. The molecule has 0 aromatic carbocycles. The number of esters is 1. The monoisotopic (exact) mass is 403 g/mol. The number of carbonyl (C=O) groups excluding carboxylic acids is 2. The van der Waals surface area contributed by atoms with Gasteiger partial charge in [0.1, 0.15) is 17.2 Å². The Morgan fingerprint density at radius 1 is 1.44 bits per heavy atom. The molecule has 27 heavy (non-hydrogen) atoms. The molecule has 2 N–H and O–H groups in total. The van der Waals surface area contributed by atoms with Crippen LogP contribution >= 0.6 is 11.6 Å². The van der Waals surface area contributed by atoms with Crippen molar-refractivity contribution in [2.75, 3.05) is 11.6 Å². The molecule has 1 saturated heterocycles. The van der Waals surface area contributed by atoms with Gasteiger partial charge in [-0.25, -0.2) is 9.18 Å². The number of anilines is 1. The number of alkyl halides is 2. The van der Waals surface area contributed by atoms with Gasteiger partial charge in [0.05, 0.1) is 5.88 Å². The van der Waals surface area contributed by atoms with E-state index in [0.29, 0.717) is 6.42 Å². The van der Waals surface area contributed by atoms with E-state index in [4.69, 9.17) is 26.8 Å². The van der Waals surface area contributed by atoms with Gasteiger partial charge in [0.15, 0.2) is 18.5 Å². The molecule has 0 radical (unpaired) electrons. The van der Waals surface area contributed by atoms with Crippen LogP contribution in [-0.2, 0) is 19.1 Å². The molecule has 8 nitrogen and oxygen atoms in total. The van der Waals surface area contributed by atoms with Crippen LogP contribution in [0.2, 0.25) is 0 Å². The minimum absolute atomic E-state index is 0.0178. The Bertz CT molecular complexity index is 758. The predicted molar refractivity (Wildman–Crippen MR) is 96.1 cm³/mol. The van der Waals surface area contributed by atoms with E-state index in [2.05, 4.69) is 4.98 Å². The molecule has 150 valence electrons. The van der Waals surface area contributed by atoms with Crippen LogP contribution in [0.25, 0.3) is 0 Å². The molecule has 1 fully saturated rings. The van der Waals surface area contributed by atoms with Gasteiger partial charge in [-0.1, -0.05) is 13.8 Å². The highest BCUT2D eigenvalue weighted by Gasteiger charge is 2.58. The van der Waals surface area contributed by atoms with Gasteiger partial charge in [-0.15, -0.1) is 11.6 Å². The first kappa shape index (κ1) is 21.3. The van der Waals surface area contributed by atoms with E-state index in [-0.39, 0.29) is 36.7 Å². The van der Waals surface area contributed by atoms with Crippen molar-refractivity contribution in [2.45, 2.75) is 63.6 Å². The number of carbonyl (C=O) groups is 2. The first-order valence-corrected chi connectivity index (χ1v) is 9.25. The van der Waals surface area contributed by atoms with Gasteiger partial charge >= 0.3 is 11.7 Å². The van der Waals surface area contributed by atoms with E-state index in [0.717, 1.165) is 4.57 Å². The van der Waals surface area contributed by atoms with Gasteiger partial charge in [0.25, 0.3) is 0 Å². The number of hydrogen-bond acceptors (Lipinski definition) is 7. The molecular weight excluding hydrogens is 381 g/mol. The van der Waals surface area contributed by atoms with Crippen LogP contribution in [0.4, 0.5) is 10.2 Å². The van der Waals surface area contributed by atoms with Gasteiger partial charge in [-0.05, 0) is 12.5 Å². The minimum atomic E-state index is -1.88. The van der Waals surface area contributed by atoms with E-state index >= 15 is 4.39 Å². The minimum Gasteiger partial charge on any atom is -0.456 e. The Hall–Kier alpha value is -2.00. The molecule has 0 saturated carbocycles. The van der Waals surface area contributed by atoms with Crippen molar-refractivity contribution < 1.29 is 23.5 Å². The molecule has 1 aliphatic heterocycles. The van der Waals surface area contributed by atoms with Crippen LogP contribution in [0.3, 0.4) is 0 Å². The fourth-order valence-electron chi connectivity index (χ4n) is 2.94. The number of hydrogen-bond donors (Lipinski definition) is 1. The van der Waals surface area contributed by atoms with Crippen LogP contribution in [0.15, 0.2) is 17.1 Å². The van der Waals surface area contributed by atoms with Gasteiger partial charge in [0, 0.05) is 25.5 Å². The number of ether oxygens (including phenoxy) is 2. The summed E-state index contributed by atoms with van der Waals surface area (Å²) in [7, 11) is 0. The summed E-state index contributed by atoms with van der Waals surface area (Å²) in [5, 5.41) is 0. The van der Waals surface area contributed by atoms with Crippen LogP contribution in [0.1, 0.15) is 45.8 Å². The Labute approximate surface area is 160 Å². The van der Waals surface area contributed by atoms with Crippen LogP contribution < -0.4 is 11.4 Å². The van der Waals surface area contributed by atoms with Gasteiger partial charge < -0.3 is 15.2 Å². The number of halogens is 2. The summed E-state index contributed by atoms with van der Waals surface area (Å²) in [6.45, 7) is 3.28. The number of Topliss-reactive ketones (excluding diaryl/α,β-unsaturated/α-hetero) is 1. The van der Waals surface area contributed by atoms with Crippen LogP contribution in [0, 0.1) is 0 Å². The molecule has 2 heterocycles. The summed E-state index contributed by atoms with van der Waals surface area (Å²) in [6.07, 6.45) is -2.92. The molecule has 1 aromatic heterocycles. The van der Waals surface area contributed by atoms with Crippen molar-refractivity contribution in [3.8, 4) is 0 Å². The normalized spacial score (nSPS) is 27.5. The number of nitrogen functional groups attached to an aromatic ring is 1. The molecule has 1 aliphatic rings. The van der Waals surface area contributed by atoms with E-state index in [1.54, 1.807) is 13.8 Å². The molecule has 0 unspecified atom stereocenters. The fraction of sp³-hybridized carbons (Fsp3) is 0.647. The summed E-state index contributed by atoms with van der Waals surface area (Å²) < 4.78 is 27.3. The molecule has 0 spiro atoms. The lowest BCUT2D eigenvalue weighted by Crippen LogP contribution is -2.47. The van der Waals surface area contributed by atoms with E-state index in [9.17, 15) is 14.4 Å². The second-order valence-corrected chi connectivity index (χ2v) is 6.62. The molecular formula is C17H23ClFN3O5. The van der Waals surface area contributed by atoms with E-state index in [1.165, 1.54) is 12.3 Å². The molecule has 1 aromatic rings. The molecule has 0 bridgehead atoms. The van der Waals surface area contributed by atoms with Gasteiger partial charge in [-0.3, -0.25) is 14.2 Å². The highest BCUT2D eigenvalue weighted by Crippen LogP contribution is 2.44. The van der Waals surface area contributed by atoms with Crippen molar-refractivity contribution in [1.82, 2.24) is 9.55 Å². The first-order chi connectivity index (χ1) is 12.8. The maximum absolute atomic E-state index is 15.2. The summed E-state index contributed by atoms with van der Waals surface area (Å²) in [5.41, 5.74) is 3.21. The summed E-state index contributed by atoms with van der Waals surface area (Å²) in [5.74, 6) is -0.935. The predicted octanol–water partition coefficient (Wildman–Crippen LogP) is 1.75. The van der Waals surface area contributed by atoms with Gasteiger partial charge in [-0.2, -0.15) is 4.98 Å². The summed E-state index contributed by atoms with van der Waals surface area (Å²) in [4.78, 5) is 39.2. The van der Waals surface area contributed by atoms with Crippen molar-refractivity contribution in [2.24, 2.45) is 0 Å². The number of rotatable bonds is 8. The van der Waals surface area contributed by atoms with E-state index in [1.807, 2.05) is 0 Å². The molecule has 10 heteroatoms. The molecule has 2 rings (SSSR count). The second kappa shape index (κ2) is 8.79. The Balaban J connectivity index is 2.40. The number of aromatic nitrogens is 2. The van der Waals surface area contributed by atoms with Crippen molar-refractivity contribution in [3.63, 3.8) is 0 Å². The van der Waals surface area contributed by atoms with Crippen molar-refractivity contribution in [1.29, 1.82) is 0 Å². The third-order valence-corrected chi connectivity index (χ3v) is 5.01. The first-order valence-electron chi connectivity index (χ1n) is 8.71. The molecule has 4 atom stereocenters. The largest absolute Gasteiger partial charge is 0.456 e. The topological polar surface area (TPSA) is 114 Å². The standard InChI is InChI=1S/C17H23ClFN3O5/c1-3-10(23)5-7-17(9-18)14(26-12(24)4-2)13(19)15(27-17)22-8-6-11(20)21-16(22)25/h6,8,13-15H,3-5,7,9H2,1-2H3,(H2,20,21,25)/t13-,14+,15-,17+/m1/s1. The zero-order valence-electron chi connectivity index (χ0n) is 15.2. The highest BCUT2D eigenvalue weighted by molar-refractivity contribution is 6.18. The molecule has 0 amide bonds. The van der Waals surface area contributed by atoms with Crippen LogP contribution in [-0.4, -0.2) is 45.1 Å². The maximum atomic E-state index is 15.2. The Kier molecular flexibility index (Phi) is 6.94. The third-order valence-electron chi connectivity index (χ3n) is 4.56. The SMILES string of the molecule is CCC(=O)CC[C@@]1(CCl)O[C@@H](n2ccc(N)nc2=O)[C@H](F)[C@@H]1OC(=O)CC.